The van der Waals surface area contributed by atoms with E-state index in [0.717, 1.165) is 9.37 Å². The third-order valence-corrected chi connectivity index (χ3v) is 6.36. The number of hydrogen-bond acceptors (Lipinski definition) is 5. The van der Waals surface area contributed by atoms with Gasteiger partial charge in [0.1, 0.15) is 0 Å². The van der Waals surface area contributed by atoms with Crippen LogP contribution in [0.4, 0.5) is 5.69 Å². The second kappa shape index (κ2) is 9.09. The lowest BCUT2D eigenvalue weighted by atomic mass is 10.1. The molecule has 1 heterocycles. The minimum Gasteiger partial charge on any atom is -0.454 e. The predicted octanol–water partition coefficient (Wildman–Crippen LogP) is 5.90. The number of amides is 2. The lowest BCUT2D eigenvalue weighted by Gasteiger charge is -2.17. The maximum absolute atomic E-state index is 12.9. The van der Waals surface area contributed by atoms with Gasteiger partial charge in [0.05, 0.1) is 32.4 Å². The fourth-order valence-electron chi connectivity index (χ4n) is 3.36. The highest BCUT2D eigenvalue weighted by atomic mass is 79.9. The molecular weight excluding hydrogens is 533 g/mol. The van der Waals surface area contributed by atoms with Crippen molar-refractivity contribution in [2.45, 2.75) is 6.92 Å². The Hall–Kier alpha value is -3.00. The second-order valence-corrected chi connectivity index (χ2v) is 9.00. The molecule has 0 atom stereocenters. The molecule has 0 saturated carbocycles. The summed E-state index contributed by atoms with van der Waals surface area (Å²) in [5.41, 5.74) is 1.56. The van der Waals surface area contributed by atoms with Gasteiger partial charge in [-0.05, 0) is 48.9 Å². The molecule has 3 aromatic rings. The number of carbonyl (C=O) groups excluding carboxylic acids is 4. The van der Waals surface area contributed by atoms with Crippen LogP contribution in [0.25, 0.3) is 0 Å². The number of rotatable bonds is 5. The Balaban J connectivity index is 1.56. The zero-order chi connectivity index (χ0) is 23.9. The van der Waals surface area contributed by atoms with Gasteiger partial charge < -0.3 is 4.74 Å². The number of imide groups is 1. The van der Waals surface area contributed by atoms with Crippen LogP contribution in [0, 0.1) is 6.92 Å². The van der Waals surface area contributed by atoms with E-state index in [9.17, 15) is 19.2 Å². The number of fused-ring (bicyclic) bond motifs is 1. The Bertz CT molecular complexity index is 1300. The largest absolute Gasteiger partial charge is 0.454 e. The summed E-state index contributed by atoms with van der Waals surface area (Å²) in [5.74, 6) is -2.28. The van der Waals surface area contributed by atoms with Gasteiger partial charge in [0, 0.05) is 10.0 Å². The van der Waals surface area contributed by atoms with Crippen LogP contribution in [-0.4, -0.2) is 30.2 Å². The average molecular weight is 547 g/mol. The van der Waals surface area contributed by atoms with E-state index in [4.69, 9.17) is 27.9 Å². The monoisotopic (exact) mass is 545 g/mol. The van der Waals surface area contributed by atoms with Crippen LogP contribution in [0.1, 0.15) is 47.0 Å². The van der Waals surface area contributed by atoms with Crippen LogP contribution in [0.5, 0.6) is 0 Å². The Morgan fingerprint density at radius 2 is 1.42 bits per heavy atom. The molecule has 3 aromatic carbocycles. The summed E-state index contributed by atoms with van der Waals surface area (Å²) in [6.45, 7) is 1.25. The summed E-state index contributed by atoms with van der Waals surface area (Å²) < 4.78 is 5.98. The van der Waals surface area contributed by atoms with E-state index < -0.39 is 24.4 Å². The summed E-state index contributed by atoms with van der Waals surface area (Å²) in [4.78, 5) is 51.7. The van der Waals surface area contributed by atoms with E-state index in [1.54, 1.807) is 37.3 Å². The highest BCUT2D eigenvalue weighted by Gasteiger charge is 2.38. The lowest BCUT2D eigenvalue weighted by Crippen LogP contribution is -2.30. The van der Waals surface area contributed by atoms with E-state index in [2.05, 4.69) is 15.9 Å². The molecule has 0 aromatic heterocycles. The van der Waals surface area contributed by atoms with Gasteiger partial charge in [-0.1, -0.05) is 57.3 Å². The van der Waals surface area contributed by atoms with Gasteiger partial charge in [-0.2, -0.15) is 0 Å². The minimum atomic E-state index is -0.760. The highest BCUT2D eigenvalue weighted by Crippen LogP contribution is 2.35. The molecule has 6 nitrogen and oxygen atoms in total. The van der Waals surface area contributed by atoms with Gasteiger partial charge in [-0.15, -0.1) is 0 Å². The summed E-state index contributed by atoms with van der Waals surface area (Å²) >= 11 is 15.3. The molecule has 0 N–H and O–H groups in total. The molecule has 4 rings (SSSR count). The average Bonchev–Trinajstić information content (AvgIpc) is 3.02. The van der Waals surface area contributed by atoms with E-state index in [1.165, 1.54) is 24.3 Å². The first kappa shape index (κ1) is 23.2. The van der Waals surface area contributed by atoms with Crippen molar-refractivity contribution in [3.8, 4) is 0 Å². The van der Waals surface area contributed by atoms with Crippen molar-refractivity contribution in [2.24, 2.45) is 0 Å². The molecule has 0 fully saturated rings. The van der Waals surface area contributed by atoms with Crippen LogP contribution < -0.4 is 4.90 Å². The van der Waals surface area contributed by atoms with Crippen molar-refractivity contribution >= 4 is 68.4 Å². The van der Waals surface area contributed by atoms with Gasteiger partial charge in [0.15, 0.2) is 12.4 Å². The fourth-order valence-corrected chi connectivity index (χ4v) is 3.96. The maximum Gasteiger partial charge on any atom is 0.338 e. The molecule has 0 aliphatic carbocycles. The van der Waals surface area contributed by atoms with Crippen LogP contribution in [0.3, 0.4) is 0 Å². The van der Waals surface area contributed by atoms with Crippen molar-refractivity contribution in [1.82, 2.24) is 0 Å². The molecule has 2 amide bonds. The van der Waals surface area contributed by atoms with Gasteiger partial charge in [0.2, 0.25) is 0 Å². The Kier molecular flexibility index (Phi) is 6.38. The van der Waals surface area contributed by atoms with Crippen molar-refractivity contribution in [3.05, 3.63) is 96.9 Å². The smallest absolute Gasteiger partial charge is 0.338 e. The standard InChI is InChI=1S/C24H14BrCl2NO5/c1-12-2-3-14(24(32)33-11-21(29)13-4-6-15(25)7-5-13)8-20(12)28-22(30)16-9-18(26)19(27)10-17(16)23(28)31/h2-10H,11H2,1H3. The number of hydrogen-bond donors (Lipinski definition) is 0. The summed E-state index contributed by atoms with van der Waals surface area (Å²) in [7, 11) is 0. The molecule has 0 saturated heterocycles. The quantitative estimate of drug-likeness (QED) is 0.226. The molecular formula is C24H14BrCl2NO5. The highest BCUT2D eigenvalue weighted by molar-refractivity contribution is 9.10. The lowest BCUT2D eigenvalue weighted by molar-refractivity contribution is 0.0474. The SMILES string of the molecule is Cc1ccc(C(=O)OCC(=O)c2ccc(Br)cc2)cc1N1C(=O)c2cc(Cl)c(Cl)cc2C1=O. The number of anilines is 1. The van der Waals surface area contributed by atoms with Crippen LogP contribution in [0.2, 0.25) is 10.0 Å². The minimum absolute atomic E-state index is 0.0897. The molecule has 0 bridgehead atoms. The number of nitrogens with zero attached hydrogens (tertiary/aromatic N) is 1. The molecule has 0 unspecified atom stereocenters. The van der Waals surface area contributed by atoms with Gasteiger partial charge in [0.25, 0.3) is 11.8 Å². The first-order chi connectivity index (χ1) is 15.7. The predicted molar refractivity (Wildman–Crippen MR) is 128 cm³/mol. The maximum atomic E-state index is 12.9. The summed E-state index contributed by atoms with van der Waals surface area (Å²) in [6.07, 6.45) is 0. The van der Waals surface area contributed by atoms with Gasteiger partial charge in [-0.3, -0.25) is 14.4 Å². The molecule has 0 radical (unpaired) electrons. The number of carbonyl (C=O) groups is 4. The number of Topliss-reactive ketones (excluding diaryl/α,β-unsaturated/α-hetero) is 1. The number of benzene rings is 3. The number of ether oxygens (including phenoxy) is 1. The van der Waals surface area contributed by atoms with Crippen LogP contribution in [0.15, 0.2) is 59.1 Å². The third-order valence-electron chi connectivity index (χ3n) is 5.11. The topological polar surface area (TPSA) is 80.8 Å². The Morgan fingerprint density at radius 3 is 2.00 bits per heavy atom. The van der Waals surface area contributed by atoms with Gasteiger partial charge in [-0.25, -0.2) is 9.69 Å². The molecule has 1 aliphatic heterocycles. The molecule has 166 valence electrons. The summed E-state index contributed by atoms with van der Waals surface area (Å²) in [5, 5.41) is 0.311. The third kappa shape index (κ3) is 4.44. The van der Waals surface area contributed by atoms with Crippen molar-refractivity contribution in [2.75, 3.05) is 11.5 Å². The molecule has 9 heteroatoms. The van der Waals surface area contributed by atoms with Crippen molar-refractivity contribution in [1.29, 1.82) is 0 Å². The van der Waals surface area contributed by atoms with Crippen molar-refractivity contribution in [3.63, 3.8) is 0 Å². The first-order valence-electron chi connectivity index (χ1n) is 9.61. The van der Waals surface area contributed by atoms with E-state index in [1.807, 2.05) is 0 Å². The zero-order valence-electron chi connectivity index (χ0n) is 17.0. The zero-order valence-corrected chi connectivity index (χ0v) is 20.1. The first-order valence-corrected chi connectivity index (χ1v) is 11.2. The van der Waals surface area contributed by atoms with Crippen molar-refractivity contribution < 1.29 is 23.9 Å². The molecule has 33 heavy (non-hydrogen) atoms. The molecule has 0 spiro atoms. The second-order valence-electron chi connectivity index (χ2n) is 7.27. The van der Waals surface area contributed by atoms with Crippen LogP contribution >= 0.6 is 39.1 Å². The summed E-state index contributed by atoms with van der Waals surface area (Å²) in [6, 6.07) is 13.8. The van der Waals surface area contributed by atoms with Crippen LogP contribution in [-0.2, 0) is 4.74 Å². The number of ketones is 1. The van der Waals surface area contributed by atoms with E-state index in [-0.39, 0.29) is 38.2 Å². The fraction of sp³-hybridized carbons (Fsp3) is 0.0833. The number of halogens is 3. The Morgan fingerprint density at radius 1 is 0.879 bits per heavy atom. The molecule has 1 aliphatic rings. The van der Waals surface area contributed by atoms with E-state index >= 15 is 0 Å². The van der Waals surface area contributed by atoms with E-state index in [0.29, 0.717) is 11.1 Å². The number of aryl methyl sites for hydroxylation is 1. The van der Waals surface area contributed by atoms with Gasteiger partial charge >= 0.3 is 5.97 Å². The normalized spacial score (nSPS) is 12.7. The number of esters is 1. The Labute approximate surface area is 207 Å².